The molecule has 0 bridgehead atoms. The van der Waals surface area contributed by atoms with Crippen LogP contribution in [-0.2, 0) is 4.74 Å². The van der Waals surface area contributed by atoms with Crippen LogP contribution >= 0.6 is 15.9 Å². The molecule has 0 saturated carbocycles. The second kappa shape index (κ2) is 7.64. The van der Waals surface area contributed by atoms with Gasteiger partial charge in [0.15, 0.2) is 0 Å². The predicted octanol–water partition coefficient (Wildman–Crippen LogP) is 2.91. The number of piperidine rings is 1. The minimum Gasteiger partial charge on any atom is -0.380 e. The minimum atomic E-state index is 0.454. The average Bonchev–Trinajstić information content (AvgIpc) is 2.26. The molecule has 0 radical (unpaired) electrons. The zero-order chi connectivity index (χ0) is 11.1. The number of halogens is 1. The number of ether oxygens (including phenoxy) is 1. The summed E-state index contributed by atoms with van der Waals surface area (Å²) in [6.45, 7) is 5.94. The van der Waals surface area contributed by atoms with E-state index in [4.69, 9.17) is 4.74 Å². The van der Waals surface area contributed by atoms with E-state index < -0.39 is 0 Å². The van der Waals surface area contributed by atoms with Crippen LogP contribution in [-0.4, -0.2) is 43.1 Å². The molecule has 0 spiro atoms. The molecule has 1 saturated heterocycles. The van der Waals surface area contributed by atoms with Crippen LogP contribution < -0.4 is 0 Å². The van der Waals surface area contributed by atoms with Crippen LogP contribution in [0.3, 0.4) is 0 Å². The van der Waals surface area contributed by atoms with Crippen molar-refractivity contribution in [2.24, 2.45) is 5.92 Å². The van der Waals surface area contributed by atoms with Gasteiger partial charge in [-0.15, -0.1) is 0 Å². The van der Waals surface area contributed by atoms with Crippen molar-refractivity contribution in [1.29, 1.82) is 0 Å². The van der Waals surface area contributed by atoms with E-state index in [0.717, 1.165) is 17.8 Å². The highest BCUT2D eigenvalue weighted by atomic mass is 79.9. The fourth-order valence-electron chi connectivity index (χ4n) is 2.21. The topological polar surface area (TPSA) is 12.5 Å². The van der Waals surface area contributed by atoms with E-state index in [9.17, 15) is 0 Å². The molecule has 1 rings (SSSR count). The van der Waals surface area contributed by atoms with Crippen molar-refractivity contribution in [1.82, 2.24) is 4.90 Å². The van der Waals surface area contributed by atoms with Crippen LogP contribution in [0.1, 0.15) is 32.6 Å². The number of methoxy groups -OCH3 is 1. The first-order chi connectivity index (χ1) is 7.27. The monoisotopic (exact) mass is 277 g/mol. The van der Waals surface area contributed by atoms with Gasteiger partial charge in [0.25, 0.3) is 0 Å². The van der Waals surface area contributed by atoms with Gasteiger partial charge < -0.3 is 9.64 Å². The van der Waals surface area contributed by atoms with Gasteiger partial charge in [-0.2, -0.15) is 0 Å². The normalized spacial score (nSPS) is 28.2. The van der Waals surface area contributed by atoms with Crippen LogP contribution in [0.15, 0.2) is 0 Å². The standard InChI is InChI=1S/C12H24BrNO/c1-11-6-9-14(10-12(11)15-2)8-5-3-4-7-13/h11-12H,3-10H2,1-2H3. The Morgan fingerprint density at radius 3 is 2.80 bits per heavy atom. The summed E-state index contributed by atoms with van der Waals surface area (Å²) in [6.07, 6.45) is 5.72. The van der Waals surface area contributed by atoms with Crippen LogP contribution in [0.4, 0.5) is 0 Å². The van der Waals surface area contributed by atoms with Crippen molar-refractivity contribution in [3.05, 3.63) is 0 Å². The number of nitrogens with zero attached hydrogens (tertiary/aromatic N) is 1. The highest BCUT2D eigenvalue weighted by Gasteiger charge is 2.25. The zero-order valence-corrected chi connectivity index (χ0v) is 11.6. The van der Waals surface area contributed by atoms with Crippen LogP contribution in [0.5, 0.6) is 0 Å². The van der Waals surface area contributed by atoms with Crippen molar-refractivity contribution >= 4 is 15.9 Å². The lowest BCUT2D eigenvalue weighted by Crippen LogP contribution is -2.44. The van der Waals surface area contributed by atoms with Crippen LogP contribution in [0, 0.1) is 5.92 Å². The van der Waals surface area contributed by atoms with Gasteiger partial charge in [-0.05, 0) is 38.3 Å². The Balaban J connectivity index is 2.14. The number of hydrogen-bond acceptors (Lipinski definition) is 2. The molecule has 3 heteroatoms. The Bertz CT molecular complexity index is 166. The molecule has 0 aromatic carbocycles. The molecule has 2 unspecified atom stereocenters. The van der Waals surface area contributed by atoms with E-state index in [0.29, 0.717) is 6.10 Å². The van der Waals surface area contributed by atoms with E-state index >= 15 is 0 Å². The summed E-state index contributed by atoms with van der Waals surface area (Å²) in [7, 11) is 1.84. The maximum absolute atomic E-state index is 5.51. The minimum absolute atomic E-state index is 0.454. The highest BCUT2D eigenvalue weighted by molar-refractivity contribution is 9.09. The van der Waals surface area contributed by atoms with Crippen molar-refractivity contribution < 1.29 is 4.74 Å². The summed E-state index contributed by atoms with van der Waals surface area (Å²) in [5.41, 5.74) is 0. The summed E-state index contributed by atoms with van der Waals surface area (Å²) in [5.74, 6) is 0.730. The van der Waals surface area contributed by atoms with Gasteiger partial charge in [0.1, 0.15) is 0 Å². The number of hydrogen-bond donors (Lipinski definition) is 0. The first-order valence-corrected chi connectivity index (χ1v) is 7.21. The van der Waals surface area contributed by atoms with Crippen molar-refractivity contribution in [3.8, 4) is 0 Å². The summed E-state index contributed by atoms with van der Waals surface area (Å²) >= 11 is 3.47. The third-order valence-corrected chi connectivity index (χ3v) is 3.94. The number of rotatable bonds is 6. The van der Waals surface area contributed by atoms with Gasteiger partial charge in [0, 0.05) is 19.0 Å². The summed E-state index contributed by atoms with van der Waals surface area (Å²) < 4.78 is 5.51. The Hall–Kier alpha value is 0.400. The van der Waals surface area contributed by atoms with Crippen LogP contribution in [0.25, 0.3) is 0 Å². The molecular weight excluding hydrogens is 254 g/mol. The SMILES string of the molecule is COC1CN(CCCCCBr)CCC1C. The molecular formula is C12H24BrNO. The smallest absolute Gasteiger partial charge is 0.0724 e. The molecule has 0 aromatic rings. The summed E-state index contributed by atoms with van der Waals surface area (Å²) in [6, 6.07) is 0. The molecule has 0 aliphatic carbocycles. The zero-order valence-electron chi connectivity index (χ0n) is 10.0. The molecule has 2 nitrogen and oxygen atoms in total. The van der Waals surface area contributed by atoms with Gasteiger partial charge in [0.2, 0.25) is 0 Å². The molecule has 0 aromatic heterocycles. The van der Waals surface area contributed by atoms with Gasteiger partial charge in [-0.25, -0.2) is 0 Å². The van der Waals surface area contributed by atoms with E-state index in [1.807, 2.05) is 7.11 Å². The van der Waals surface area contributed by atoms with Gasteiger partial charge >= 0.3 is 0 Å². The molecule has 0 amide bonds. The first kappa shape index (κ1) is 13.5. The Labute approximate surface area is 102 Å². The quantitative estimate of drug-likeness (QED) is 0.547. The van der Waals surface area contributed by atoms with Crippen molar-refractivity contribution in [2.45, 2.75) is 38.7 Å². The molecule has 15 heavy (non-hydrogen) atoms. The van der Waals surface area contributed by atoms with E-state index in [-0.39, 0.29) is 0 Å². The lowest BCUT2D eigenvalue weighted by Gasteiger charge is -2.36. The fourth-order valence-corrected chi connectivity index (χ4v) is 2.61. The largest absolute Gasteiger partial charge is 0.380 e. The lowest BCUT2D eigenvalue weighted by molar-refractivity contribution is -0.00522. The number of alkyl halides is 1. The first-order valence-electron chi connectivity index (χ1n) is 6.09. The maximum atomic E-state index is 5.51. The maximum Gasteiger partial charge on any atom is 0.0724 e. The lowest BCUT2D eigenvalue weighted by atomic mass is 9.95. The summed E-state index contributed by atoms with van der Waals surface area (Å²) in [4.78, 5) is 2.56. The summed E-state index contributed by atoms with van der Waals surface area (Å²) in [5, 5.41) is 1.14. The second-order valence-corrected chi connectivity index (χ2v) is 5.38. The second-order valence-electron chi connectivity index (χ2n) is 4.59. The van der Waals surface area contributed by atoms with Gasteiger partial charge in [-0.1, -0.05) is 29.3 Å². The highest BCUT2D eigenvalue weighted by Crippen LogP contribution is 2.19. The molecule has 0 N–H and O–H groups in total. The van der Waals surface area contributed by atoms with Crippen molar-refractivity contribution in [3.63, 3.8) is 0 Å². The Morgan fingerprint density at radius 2 is 2.13 bits per heavy atom. The molecule has 2 atom stereocenters. The van der Waals surface area contributed by atoms with E-state index in [1.165, 1.54) is 38.8 Å². The Kier molecular flexibility index (Phi) is 6.86. The average molecular weight is 278 g/mol. The number of unbranched alkanes of at least 4 members (excludes halogenated alkanes) is 2. The third-order valence-electron chi connectivity index (χ3n) is 3.38. The predicted molar refractivity (Wildman–Crippen MR) is 68.7 cm³/mol. The fraction of sp³-hybridized carbons (Fsp3) is 1.00. The molecule has 1 aliphatic rings. The van der Waals surface area contributed by atoms with Gasteiger partial charge in [0.05, 0.1) is 6.10 Å². The Morgan fingerprint density at radius 1 is 1.33 bits per heavy atom. The third kappa shape index (κ3) is 4.83. The van der Waals surface area contributed by atoms with Gasteiger partial charge in [-0.3, -0.25) is 0 Å². The number of likely N-dealkylation sites (tertiary alicyclic amines) is 1. The van der Waals surface area contributed by atoms with E-state index in [2.05, 4.69) is 27.8 Å². The van der Waals surface area contributed by atoms with Crippen molar-refractivity contribution in [2.75, 3.05) is 32.1 Å². The molecule has 1 fully saturated rings. The van der Waals surface area contributed by atoms with Crippen LogP contribution in [0.2, 0.25) is 0 Å². The molecule has 1 aliphatic heterocycles. The van der Waals surface area contributed by atoms with E-state index in [1.54, 1.807) is 0 Å². The molecule has 90 valence electrons. The molecule has 1 heterocycles.